The number of nitrogens with zero attached hydrogens (tertiary/aromatic N) is 1. The van der Waals surface area contributed by atoms with Crippen molar-refractivity contribution in [3.63, 3.8) is 0 Å². The first-order chi connectivity index (χ1) is 10.2. The van der Waals surface area contributed by atoms with Crippen LogP contribution in [0.2, 0.25) is 0 Å². The lowest BCUT2D eigenvalue weighted by molar-refractivity contribution is 0.0825. The first-order valence-electron chi connectivity index (χ1n) is 7.25. The van der Waals surface area contributed by atoms with Crippen LogP contribution < -0.4 is 9.47 Å². The number of ether oxygens (including phenoxy) is 3. The Morgan fingerprint density at radius 1 is 1.19 bits per heavy atom. The molecular weight excluding hydrogens is 270 g/mol. The van der Waals surface area contributed by atoms with E-state index in [-0.39, 0.29) is 6.10 Å². The molecule has 21 heavy (non-hydrogen) atoms. The second-order valence-corrected chi connectivity index (χ2v) is 4.94. The highest BCUT2D eigenvalue weighted by molar-refractivity contribution is 5.46. The van der Waals surface area contributed by atoms with Gasteiger partial charge in [-0.15, -0.1) is 0 Å². The molecule has 120 valence electrons. The lowest BCUT2D eigenvalue weighted by atomic mass is 10.1. The van der Waals surface area contributed by atoms with Crippen molar-refractivity contribution in [3.05, 3.63) is 23.8 Å². The Hall–Kier alpha value is -1.30. The number of para-hydroxylation sites is 1. The van der Waals surface area contributed by atoms with Crippen LogP contribution in [0.5, 0.6) is 11.5 Å². The summed E-state index contributed by atoms with van der Waals surface area (Å²) < 4.78 is 15.9. The molecule has 1 aromatic carbocycles. The number of aliphatic hydroxyl groups excluding tert-OH is 1. The van der Waals surface area contributed by atoms with Crippen LogP contribution in [0, 0.1) is 0 Å². The van der Waals surface area contributed by atoms with Gasteiger partial charge in [0.05, 0.1) is 26.9 Å². The summed E-state index contributed by atoms with van der Waals surface area (Å²) in [5.41, 5.74) is 1.04. The van der Waals surface area contributed by atoms with Crippen LogP contribution in [0.4, 0.5) is 0 Å². The van der Waals surface area contributed by atoms with Crippen LogP contribution in [0.1, 0.15) is 18.9 Å². The van der Waals surface area contributed by atoms with E-state index in [9.17, 15) is 5.11 Å². The van der Waals surface area contributed by atoms with Gasteiger partial charge in [0.2, 0.25) is 0 Å². The van der Waals surface area contributed by atoms with Gasteiger partial charge in [-0.2, -0.15) is 0 Å². The van der Waals surface area contributed by atoms with Crippen molar-refractivity contribution < 1.29 is 19.3 Å². The van der Waals surface area contributed by atoms with Crippen LogP contribution in [0.15, 0.2) is 18.2 Å². The van der Waals surface area contributed by atoms with Gasteiger partial charge in [-0.25, -0.2) is 0 Å². The van der Waals surface area contributed by atoms with E-state index in [4.69, 9.17) is 14.2 Å². The minimum Gasteiger partial charge on any atom is -0.493 e. The van der Waals surface area contributed by atoms with Gasteiger partial charge in [0.25, 0.3) is 0 Å². The van der Waals surface area contributed by atoms with E-state index in [1.165, 1.54) is 0 Å². The average Bonchev–Trinajstić information content (AvgIpc) is 2.51. The summed E-state index contributed by atoms with van der Waals surface area (Å²) in [5.74, 6) is 1.46. The van der Waals surface area contributed by atoms with Crippen molar-refractivity contribution in [2.24, 2.45) is 0 Å². The largest absolute Gasteiger partial charge is 0.493 e. The molecule has 5 heteroatoms. The van der Waals surface area contributed by atoms with E-state index in [1.807, 2.05) is 25.1 Å². The molecule has 0 aliphatic heterocycles. The molecule has 0 bridgehead atoms. The summed E-state index contributed by atoms with van der Waals surface area (Å²) in [6, 6.07) is 5.84. The molecule has 0 amide bonds. The summed E-state index contributed by atoms with van der Waals surface area (Å²) in [7, 11) is 4.95. The molecule has 0 radical (unpaired) electrons. The second kappa shape index (κ2) is 9.60. The fourth-order valence-electron chi connectivity index (χ4n) is 2.20. The van der Waals surface area contributed by atoms with Crippen molar-refractivity contribution in [3.8, 4) is 11.5 Å². The van der Waals surface area contributed by atoms with Crippen molar-refractivity contribution in [2.75, 3.05) is 41.0 Å². The molecule has 5 nitrogen and oxygen atoms in total. The van der Waals surface area contributed by atoms with Crippen LogP contribution in [-0.4, -0.2) is 57.1 Å². The highest BCUT2D eigenvalue weighted by Crippen LogP contribution is 2.31. The zero-order chi connectivity index (χ0) is 15.7. The Balaban J connectivity index is 2.86. The third-order valence-corrected chi connectivity index (χ3v) is 3.43. The lowest BCUT2D eigenvalue weighted by Gasteiger charge is -2.25. The topological polar surface area (TPSA) is 51.2 Å². The molecule has 1 unspecified atom stereocenters. The molecule has 0 saturated heterocycles. The Bertz CT molecular complexity index is 411. The Kier molecular flexibility index (Phi) is 8.12. The van der Waals surface area contributed by atoms with E-state index in [0.717, 1.165) is 30.0 Å². The number of hydrogen-bond acceptors (Lipinski definition) is 5. The van der Waals surface area contributed by atoms with Crippen LogP contribution >= 0.6 is 0 Å². The third kappa shape index (κ3) is 5.53. The van der Waals surface area contributed by atoms with Gasteiger partial charge >= 0.3 is 0 Å². The fraction of sp³-hybridized carbons (Fsp3) is 0.625. The maximum atomic E-state index is 9.89. The number of benzene rings is 1. The molecule has 0 aromatic heterocycles. The van der Waals surface area contributed by atoms with Crippen molar-refractivity contribution in [1.82, 2.24) is 4.90 Å². The molecule has 0 fully saturated rings. The van der Waals surface area contributed by atoms with E-state index in [1.54, 1.807) is 21.3 Å². The van der Waals surface area contributed by atoms with Crippen LogP contribution in [-0.2, 0) is 11.3 Å². The lowest BCUT2D eigenvalue weighted by Crippen LogP contribution is -2.34. The molecule has 1 rings (SSSR count). The van der Waals surface area contributed by atoms with E-state index < -0.39 is 0 Å². The van der Waals surface area contributed by atoms with E-state index in [0.29, 0.717) is 19.7 Å². The van der Waals surface area contributed by atoms with Gasteiger partial charge in [-0.3, -0.25) is 4.90 Å². The molecule has 0 heterocycles. The van der Waals surface area contributed by atoms with Gasteiger partial charge in [-0.05, 0) is 12.5 Å². The highest BCUT2D eigenvalue weighted by Gasteiger charge is 2.15. The van der Waals surface area contributed by atoms with Crippen molar-refractivity contribution in [2.45, 2.75) is 26.0 Å². The molecule has 1 atom stereocenters. The maximum absolute atomic E-state index is 9.89. The summed E-state index contributed by atoms with van der Waals surface area (Å²) in [6.07, 6.45) is 0.400. The van der Waals surface area contributed by atoms with Gasteiger partial charge < -0.3 is 19.3 Å². The molecule has 0 saturated carbocycles. The minimum atomic E-state index is -0.335. The van der Waals surface area contributed by atoms with Crippen LogP contribution in [0.3, 0.4) is 0 Å². The summed E-state index contributed by atoms with van der Waals surface area (Å²) in [6.45, 7) is 4.66. The predicted molar refractivity (Wildman–Crippen MR) is 83.0 cm³/mol. The summed E-state index contributed by atoms with van der Waals surface area (Å²) in [5, 5.41) is 9.89. The van der Waals surface area contributed by atoms with Crippen molar-refractivity contribution >= 4 is 0 Å². The van der Waals surface area contributed by atoms with Gasteiger partial charge in [0, 0.05) is 32.3 Å². The smallest absolute Gasteiger partial charge is 0.165 e. The van der Waals surface area contributed by atoms with Gasteiger partial charge in [0.15, 0.2) is 11.5 Å². The number of methoxy groups -OCH3 is 3. The first kappa shape index (κ1) is 17.8. The molecule has 0 aliphatic rings. The number of aliphatic hydroxyl groups is 1. The fourth-order valence-corrected chi connectivity index (χ4v) is 2.20. The normalized spacial score (nSPS) is 12.5. The SMILES string of the molecule is CCC(O)CN(CCOC)Cc1cccc(OC)c1OC. The molecule has 1 aromatic rings. The van der Waals surface area contributed by atoms with E-state index in [2.05, 4.69) is 4.90 Å². The summed E-state index contributed by atoms with van der Waals surface area (Å²) in [4.78, 5) is 2.16. The molecule has 1 N–H and O–H groups in total. The average molecular weight is 297 g/mol. The Labute approximate surface area is 127 Å². The second-order valence-electron chi connectivity index (χ2n) is 4.94. The Morgan fingerprint density at radius 2 is 1.95 bits per heavy atom. The number of hydrogen-bond donors (Lipinski definition) is 1. The Morgan fingerprint density at radius 3 is 2.52 bits per heavy atom. The monoisotopic (exact) mass is 297 g/mol. The van der Waals surface area contributed by atoms with Gasteiger partial charge in [-0.1, -0.05) is 19.1 Å². The molecular formula is C16H27NO4. The standard InChI is InChI=1S/C16H27NO4/c1-5-14(18)12-17(9-10-19-2)11-13-7-6-8-15(20-3)16(13)21-4/h6-8,14,18H,5,9-12H2,1-4H3. The van der Waals surface area contributed by atoms with E-state index >= 15 is 0 Å². The molecule has 0 aliphatic carbocycles. The predicted octanol–water partition coefficient (Wildman–Crippen LogP) is 1.92. The van der Waals surface area contributed by atoms with Crippen LogP contribution in [0.25, 0.3) is 0 Å². The maximum Gasteiger partial charge on any atom is 0.165 e. The third-order valence-electron chi connectivity index (χ3n) is 3.43. The summed E-state index contributed by atoms with van der Waals surface area (Å²) >= 11 is 0. The highest BCUT2D eigenvalue weighted by atomic mass is 16.5. The quantitative estimate of drug-likeness (QED) is 0.715. The zero-order valence-corrected chi connectivity index (χ0v) is 13.5. The minimum absolute atomic E-state index is 0.335. The number of rotatable bonds is 10. The first-order valence-corrected chi connectivity index (χ1v) is 7.25. The van der Waals surface area contributed by atoms with Crippen molar-refractivity contribution in [1.29, 1.82) is 0 Å². The van der Waals surface area contributed by atoms with Gasteiger partial charge in [0.1, 0.15) is 0 Å². The molecule has 0 spiro atoms. The zero-order valence-electron chi connectivity index (χ0n) is 13.5.